The molecule has 0 aliphatic rings. The van der Waals surface area contributed by atoms with Crippen LogP contribution in [0.15, 0.2) is 74.7 Å². The lowest BCUT2D eigenvalue weighted by Crippen LogP contribution is -2.30. The van der Waals surface area contributed by atoms with Crippen LogP contribution in [0.3, 0.4) is 0 Å². The van der Waals surface area contributed by atoms with E-state index in [1.807, 2.05) is 62.4 Å². The number of thiophene rings is 1. The van der Waals surface area contributed by atoms with Gasteiger partial charge in [-0.25, -0.2) is 13.4 Å². The predicted molar refractivity (Wildman–Crippen MR) is 127 cm³/mol. The fraction of sp³-hybridized carbons (Fsp3) is 0.208. The van der Waals surface area contributed by atoms with Gasteiger partial charge >= 0.3 is 0 Å². The summed E-state index contributed by atoms with van der Waals surface area (Å²) in [6.45, 7) is 6.35. The van der Waals surface area contributed by atoms with Crippen molar-refractivity contribution < 1.29 is 17.6 Å². The highest BCUT2D eigenvalue weighted by Crippen LogP contribution is 2.31. The zero-order valence-corrected chi connectivity index (χ0v) is 19.7. The van der Waals surface area contributed by atoms with E-state index in [1.54, 1.807) is 24.4 Å². The van der Waals surface area contributed by atoms with Gasteiger partial charge in [-0.05, 0) is 68.6 Å². The third-order valence-electron chi connectivity index (χ3n) is 4.96. The fourth-order valence-corrected chi connectivity index (χ4v) is 5.77. The van der Waals surface area contributed by atoms with Gasteiger partial charge in [-0.3, -0.25) is 4.31 Å². The molecule has 0 atom stereocenters. The highest BCUT2D eigenvalue weighted by Gasteiger charge is 2.28. The maximum Gasteiger partial charge on any atom is 0.274 e. The number of oxazole rings is 1. The molecule has 0 aliphatic heterocycles. The maximum absolute atomic E-state index is 13.4. The first kappa shape index (κ1) is 22.1. The molecular weight excluding hydrogens is 444 g/mol. The molecule has 4 aromatic rings. The molecule has 0 saturated carbocycles. The number of nitrogens with zero attached hydrogens (tertiary/aromatic N) is 2. The first-order valence-corrected chi connectivity index (χ1v) is 12.5. The second-order valence-electron chi connectivity index (χ2n) is 7.26. The van der Waals surface area contributed by atoms with Gasteiger partial charge in [0.1, 0.15) is 21.4 Å². The number of aromatic nitrogens is 1. The summed E-state index contributed by atoms with van der Waals surface area (Å²) >= 11 is 1.19. The van der Waals surface area contributed by atoms with Crippen molar-refractivity contribution in [2.75, 3.05) is 10.9 Å². The van der Waals surface area contributed by atoms with Gasteiger partial charge in [-0.1, -0.05) is 23.8 Å². The number of sulfonamides is 1. The average molecular weight is 469 g/mol. The zero-order chi connectivity index (χ0) is 22.7. The van der Waals surface area contributed by atoms with Gasteiger partial charge in [0.25, 0.3) is 10.0 Å². The van der Waals surface area contributed by atoms with Crippen LogP contribution in [0.25, 0.3) is 11.5 Å². The van der Waals surface area contributed by atoms with Gasteiger partial charge in [0.2, 0.25) is 5.89 Å². The van der Waals surface area contributed by atoms with Crippen LogP contribution in [0.5, 0.6) is 5.75 Å². The molecule has 0 saturated heterocycles. The number of ether oxygens (including phenoxy) is 1. The van der Waals surface area contributed by atoms with E-state index >= 15 is 0 Å². The number of rotatable bonds is 8. The standard InChI is InChI=1S/C24H24N2O4S2/c1-4-29-21-13-9-19(10-14-21)24-25-22(18(3)30-24)16-26(20-11-7-17(2)8-12-20)32(27,28)23-6-5-15-31-23/h5-15H,4,16H2,1-3H3. The second-order valence-corrected chi connectivity index (χ2v) is 10.3. The Morgan fingerprint density at radius 3 is 2.38 bits per heavy atom. The molecule has 0 aliphatic carbocycles. The number of aryl methyl sites for hydroxylation is 2. The fourth-order valence-electron chi connectivity index (χ4n) is 3.24. The van der Waals surface area contributed by atoms with E-state index in [-0.39, 0.29) is 10.8 Å². The largest absolute Gasteiger partial charge is 0.494 e. The molecule has 0 radical (unpaired) electrons. The molecule has 2 aromatic carbocycles. The first-order chi connectivity index (χ1) is 15.4. The van der Waals surface area contributed by atoms with Gasteiger partial charge in [-0.2, -0.15) is 0 Å². The number of benzene rings is 2. The molecule has 0 spiro atoms. The zero-order valence-electron chi connectivity index (χ0n) is 18.1. The Labute approximate surface area is 192 Å². The number of anilines is 1. The SMILES string of the molecule is CCOc1ccc(-c2nc(CN(c3ccc(C)cc3)S(=O)(=O)c3cccs3)c(C)o2)cc1. The molecule has 0 N–H and O–H groups in total. The molecule has 6 nitrogen and oxygen atoms in total. The molecule has 0 amide bonds. The van der Waals surface area contributed by atoms with Crippen LogP contribution in [0.4, 0.5) is 5.69 Å². The summed E-state index contributed by atoms with van der Waals surface area (Å²) in [6, 6.07) is 18.2. The smallest absolute Gasteiger partial charge is 0.274 e. The van der Waals surface area contributed by atoms with E-state index in [9.17, 15) is 8.42 Å². The van der Waals surface area contributed by atoms with Crippen molar-refractivity contribution in [1.82, 2.24) is 4.98 Å². The third-order valence-corrected chi connectivity index (χ3v) is 8.11. The Bertz CT molecular complexity index is 1280. The summed E-state index contributed by atoms with van der Waals surface area (Å²) in [5.41, 5.74) is 2.99. The minimum absolute atomic E-state index is 0.0651. The van der Waals surface area contributed by atoms with E-state index in [0.29, 0.717) is 29.6 Å². The number of hydrogen-bond donors (Lipinski definition) is 0. The molecule has 0 fully saturated rings. The average Bonchev–Trinajstić information content (AvgIpc) is 3.44. The second kappa shape index (κ2) is 9.18. The highest BCUT2D eigenvalue weighted by atomic mass is 32.2. The van der Waals surface area contributed by atoms with Crippen molar-refractivity contribution >= 4 is 27.0 Å². The summed E-state index contributed by atoms with van der Waals surface area (Å²) in [5.74, 6) is 1.79. The first-order valence-electron chi connectivity index (χ1n) is 10.2. The van der Waals surface area contributed by atoms with Crippen molar-refractivity contribution in [3.05, 3.63) is 83.1 Å². The molecule has 0 unspecified atom stereocenters. The highest BCUT2D eigenvalue weighted by molar-refractivity contribution is 7.94. The molecule has 32 heavy (non-hydrogen) atoms. The van der Waals surface area contributed by atoms with Crippen LogP contribution in [-0.4, -0.2) is 20.0 Å². The summed E-state index contributed by atoms with van der Waals surface area (Å²) in [5, 5.41) is 1.76. The molecule has 2 aromatic heterocycles. The van der Waals surface area contributed by atoms with Crippen LogP contribution >= 0.6 is 11.3 Å². The van der Waals surface area contributed by atoms with Crippen molar-refractivity contribution in [1.29, 1.82) is 0 Å². The third kappa shape index (κ3) is 4.56. The Hall–Kier alpha value is -3.10. The maximum atomic E-state index is 13.4. The molecule has 8 heteroatoms. The van der Waals surface area contributed by atoms with Gasteiger partial charge in [0.15, 0.2) is 0 Å². The number of hydrogen-bond acceptors (Lipinski definition) is 6. The molecular formula is C24H24N2O4S2. The summed E-state index contributed by atoms with van der Waals surface area (Å²) in [4.78, 5) is 4.62. The predicted octanol–water partition coefficient (Wildman–Crippen LogP) is 5.81. The van der Waals surface area contributed by atoms with Crippen molar-refractivity contribution in [3.8, 4) is 17.2 Å². The minimum Gasteiger partial charge on any atom is -0.494 e. The van der Waals surface area contributed by atoms with Crippen LogP contribution in [0, 0.1) is 13.8 Å². The van der Waals surface area contributed by atoms with E-state index in [1.165, 1.54) is 15.6 Å². The van der Waals surface area contributed by atoms with Crippen molar-refractivity contribution in [2.45, 2.75) is 31.5 Å². The van der Waals surface area contributed by atoms with E-state index in [4.69, 9.17) is 9.15 Å². The van der Waals surface area contributed by atoms with Crippen molar-refractivity contribution in [2.24, 2.45) is 0 Å². The Morgan fingerprint density at radius 1 is 1.03 bits per heavy atom. The van der Waals surface area contributed by atoms with E-state index in [2.05, 4.69) is 4.98 Å². The molecule has 2 heterocycles. The van der Waals surface area contributed by atoms with E-state index < -0.39 is 10.0 Å². The van der Waals surface area contributed by atoms with Crippen LogP contribution in [0.1, 0.15) is 23.9 Å². The quantitative estimate of drug-likeness (QED) is 0.326. The van der Waals surface area contributed by atoms with E-state index in [0.717, 1.165) is 16.9 Å². The lowest BCUT2D eigenvalue weighted by molar-refractivity contribution is 0.340. The molecule has 4 rings (SSSR count). The van der Waals surface area contributed by atoms with Crippen LogP contribution in [-0.2, 0) is 16.6 Å². The topological polar surface area (TPSA) is 72.6 Å². The lowest BCUT2D eigenvalue weighted by atomic mass is 10.2. The molecule has 0 bridgehead atoms. The van der Waals surface area contributed by atoms with Gasteiger partial charge < -0.3 is 9.15 Å². The Balaban J connectivity index is 1.69. The van der Waals surface area contributed by atoms with Crippen LogP contribution < -0.4 is 9.04 Å². The monoisotopic (exact) mass is 468 g/mol. The van der Waals surface area contributed by atoms with Gasteiger partial charge in [0.05, 0.1) is 18.8 Å². The normalized spacial score (nSPS) is 11.5. The summed E-state index contributed by atoms with van der Waals surface area (Å²) in [7, 11) is -3.75. The minimum atomic E-state index is -3.75. The Morgan fingerprint density at radius 2 is 1.75 bits per heavy atom. The van der Waals surface area contributed by atoms with Gasteiger partial charge in [-0.15, -0.1) is 11.3 Å². The lowest BCUT2D eigenvalue weighted by Gasteiger charge is -2.23. The van der Waals surface area contributed by atoms with Crippen molar-refractivity contribution in [3.63, 3.8) is 0 Å². The molecule has 166 valence electrons. The Kier molecular flexibility index (Phi) is 6.34. The summed E-state index contributed by atoms with van der Waals surface area (Å²) in [6.07, 6.45) is 0. The summed E-state index contributed by atoms with van der Waals surface area (Å²) < 4.78 is 39.9. The van der Waals surface area contributed by atoms with Gasteiger partial charge in [0, 0.05) is 5.56 Å². The van der Waals surface area contributed by atoms with Crippen LogP contribution in [0.2, 0.25) is 0 Å².